The fraction of sp³-hybridized carbons (Fsp3) is 0.381. The lowest BCUT2D eigenvalue weighted by Crippen LogP contribution is -2.41. The summed E-state index contributed by atoms with van der Waals surface area (Å²) >= 11 is 0. The second kappa shape index (κ2) is 7.56. The van der Waals surface area contributed by atoms with Crippen LogP contribution in [0.1, 0.15) is 33.3 Å². The lowest BCUT2D eigenvalue weighted by molar-refractivity contribution is -0.118. The molecule has 1 aliphatic rings. The molecule has 2 aromatic rings. The molecule has 2 aromatic carbocycles. The fourth-order valence-corrected chi connectivity index (χ4v) is 4.79. The highest BCUT2D eigenvalue weighted by Gasteiger charge is 2.28. The summed E-state index contributed by atoms with van der Waals surface area (Å²) < 4.78 is 27.7. The Labute approximate surface area is 167 Å². The monoisotopic (exact) mass is 401 g/mol. The molecule has 0 fully saturated rings. The van der Waals surface area contributed by atoms with E-state index in [2.05, 4.69) is 10.0 Å². The Morgan fingerprint density at radius 1 is 1.11 bits per heavy atom. The van der Waals surface area contributed by atoms with Gasteiger partial charge in [0, 0.05) is 23.5 Å². The van der Waals surface area contributed by atoms with Crippen LogP contribution in [-0.2, 0) is 21.2 Å². The topological polar surface area (TPSA) is 78.5 Å². The number of hydrogen-bond donors (Lipinski definition) is 2. The fourth-order valence-electron chi connectivity index (χ4n) is 3.33. The molecule has 7 heteroatoms. The van der Waals surface area contributed by atoms with Crippen LogP contribution in [0.25, 0.3) is 0 Å². The molecular formula is C21H27N3O3S. The van der Waals surface area contributed by atoms with E-state index in [1.165, 1.54) is 5.56 Å². The number of anilines is 2. The van der Waals surface area contributed by atoms with Gasteiger partial charge in [0.25, 0.3) is 0 Å². The van der Waals surface area contributed by atoms with Crippen LogP contribution in [0.15, 0.2) is 53.4 Å². The summed E-state index contributed by atoms with van der Waals surface area (Å²) in [5, 5.41) is 3.14. The predicted octanol–water partition coefficient (Wildman–Crippen LogP) is 3.15. The van der Waals surface area contributed by atoms with Gasteiger partial charge in [0.15, 0.2) is 0 Å². The lowest BCUT2D eigenvalue weighted by atomic mass is 10.1. The van der Waals surface area contributed by atoms with Crippen molar-refractivity contribution in [2.24, 2.45) is 0 Å². The molecule has 1 amide bonds. The summed E-state index contributed by atoms with van der Waals surface area (Å²) in [7, 11) is -3.64. The zero-order valence-corrected chi connectivity index (χ0v) is 17.5. The van der Waals surface area contributed by atoms with Gasteiger partial charge in [-0.15, -0.1) is 0 Å². The first-order chi connectivity index (χ1) is 13.1. The van der Waals surface area contributed by atoms with Crippen molar-refractivity contribution in [1.82, 2.24) is 4.72 Å². The third kappa shape index (κ3) is 4.54. The molecule has 150 valence electrons. The molecule has 0 unspecified atom stereocenters. The van der Waals surface area contributed by atoms with E-state index >= 15 is 0 Å². The van der Waals surface area contributed by atoms with Crippen LogP contribution in [0.2, 0.25) is 0 Å². The molecule has 0 saturated carbocycles. The van der Waals surface area contributed by atoms with Gasteiger partial charge in [-0.05, 0) is 63.9 Å². The van der Waals surface area contributed by atoms with E-state index in [1.54, 1.807) is 56.9 Å². The van der Waals surface area contributed by atoms with Crippen molar-refractivity contribution in [3.63, 3.8) is 0 Å². The van der Waals surface area contributed by atoms with Crippen molar-refractivity contribution in [3.8, 4) is 0 Å². The average molecular weight is 402 g/mol. The quantitative estimate of drug-likeness (QED) is 0.807. The van der Waals surface area contributed by atoms with Gasteiger partial charge in [-0.2, -0.15) is 0 Å². The van der Waals surface area contributed by atoms with E-state index in [0.717, 1.165) is 12.1 Å². The van der Waals surface area contributed by atoms with Crippen LogP contribution in [-0.4, -0.2) is 32.5 Å². The summed E-state index contributed by atoms with van der Waals surface area (Å²) in [4.78, 5) is 14.9. The Hall–Kier alpha value is -2.38. The second-order valence-electron chi connectivity index (χ2n) is 8.12. The Morgan fingerprint density at radius 2 is 1.82 bits per heavy atom. The minimum Gasteiger partial charge on any atom is -0.374 e. The van der Waals surface area contributed by atoms with Gasteiger partial charge in [0.2, 0.25) is 15.9 Å². The van der Waals surface area contributed by atoms with Crippen LogP contribution in [0.5, 0.6) is 0 Å². The largest absolute Gasteiger partial charge is 0.374 e. The summed E-state index contributed by atoms with van der Waals surface area (Å²) in [5.41, 5.74) is 2.13. The maximum absolute atomic E-state index is 12.9. The second-order valence-corrected chi connectivity index (χ2v) is 9.80. The molecular weight excluding hydrogens is 374 g/mol. The van der Waals surface area contributed by atoms with Crippen molar-refractivity contribution in [3.05, 3.63) is 54.1 Å². The highest BCUT2D eigenvalue weighted by molar-refractivity contribution is 7.89. The highest BCUT2D eigenvalue weighted by atomic mass is 32.2. The number of carbonyl (C=O) groups is 1. The predicted molar refractivity (Wildman–Crippen MR) is 112 cm³/mol. The minimum absolute atomic E-state index is 0.0361. The van der Waals surface area contributed by atoms with E-state index in [-0.39, 0.29) is 10.8 Å². The van der Waals surface area contributed by atoms with Crippen LogP contribution >= 0.6 is 0 Å². The number of hydrogen-bond acceptors (Lipinski definition) is 4. The van der Waals surface area contributed by atoms with E-state index < -0.39 is 21.6 Å². The molecule has 0 aliphatic carbocycles. The van der Waals surface area contributed by atoms with Gasteiger partial charge in [-0.1, -0.05) is 24.3 Å². The number of para-hydroxylation sites is 1. The Bertz CT molecular complexity index is 980. The first-order valence-corrected chi connectivity index (χ1v) is 10.8. The number of nitrogens with zero attached hydrogens (tertiary/aromatic N) is 1. The number of amides is 1. The summed E-state index contributed by atoms with van der Waals surface area (Å²) in [6.45, 7) is 7.83. The van der Waals surface area contributed by atoms with Gasteiger partial charge >= 0.3 is 0 Å². The SMILES string of the molecule is C[C@H](Nc1cccc(S(=O)(=O)NC(C)(C)C)c1)C(=O)N1CCc2ccccc21. The molecule has 0 spiro atoms. The normalized spacial score (nSPS) is 15.2. The molecule has 0 saturated heterocycles. The molecule has 0 radical (unpaired) electrons. The van der Waals surface area contributed by atoms with Gasteiger partial charge < -0.3 is 10.2 Å². The van der Waals surface area contributed by atoms with Crippen molar-refractivity contribution < 1.29 is 13.2 Å². The molecule has 1 atom stereocenters. The van der Waals surface area contributed by atoms with E-state index in [9.17, 15) is 13.2 Å². The molecule has 0 bridgehead atoms. The number of sulfonamides is 1. The number of carbonyl (C=O) groups excluding carboxylic acids is 1. The number of fused-ring (bicyclic) bond motifs is 1. The molecule has 28 heavy (non-hydrogen) atoms. The molecule has 2 N–H and O–H groups in total. The van der Waals surface area contributed by atoms with Gasteiger partial charge in [-0.3, -0.25) is 4.79 Å². The van der Waals surface area contributed by atoms with Gasteiger partial charge in [0.1, 0.15) is 6.04 Å². The smallest absolute Gasteiger partial charge is 0.249 e. The maximum atomic E-state index is 12.9. The number of nitrogens with one attached hydrogen (secondary N) is 2. The van der Waals surface area contributed by atoms with Gasteiger partial charge in [-0.25, -0.2) is 13.1 Å². The lowest BCUT2D eigenvalue weighted by Gasteiger charge is -2.23. The highest BCUT2D eigenvalue weighted by Crippen LogP contribution is 2.28. The zero-order chi connectivity index (χ0) is 20.5. The number of benzene rings is 2. The van der Waals surface area contributed by atoms with Crippen molar-refractivity contribution in [2.45, 2.75) is 50.6 Å². The standard InChI is InChI=1S/C21H27N3O3S/c1-15(20(25)24-13-12-16-8-5-6-11-19(16)24)22-17-9-7-10-18(14-17)28(26,27)23-21(2,3)4/h5-11,14-15,22-23H,12-13H2,1-4H3/t15-/m0/s1. The Balaban J connectivity index is 1.75. The zero-order valence-electron chi connectivity index (χ0n) is 16.7. The van der Waals surface area contributed by atoms with Crippen LogP contribution in [0.3, 0.4) is 0 Å². The van der Waals surface area contributed by atoms with Crippen molar-refractivity contribution >= 4 is 27.3 Å². The Morgan fingerprint density at radius 3 is 2.54 bits per heavy atom. The first kappa shape index (κ1) is 20.4. The minimum atomic E-state index is -3.64. The Kier molecular flexibility index (Phi) is 5.50. The summed E-state index contributed by atoms with van der Waals surface area (Å²) in [6.07, 6.45) is 0.848. The van der Waals surface area contributed by atoms with Crippen molar-refractivity contribution in [1.29, 1.82) is 0 Å². The van der Waals surface area contributed by atoms with Crippen LogP contribution in [0, 0.1) is 0 Å². The van der Waals surface area contributed by atoms with E-state index in [1.807, 2.05) is 24.3 Å². The van der Waals surface area contributed by atoms with Crippen molar-refractivity contribution in [2.75, 3.05) is 16.8 Å². The third-order valence-electron chi connectivity index (χ3n) is 4.49. The average Bonchev–Trinajstić information content (AvgIpc) is 3.03. The maximum Gasteiger partial charge on any atom is 0.249 e. The molecule has 1 aliphatic heterocycles. The summed E-state index contributed by atoms with van der Waals surface area (Å²) in [5.74, 6) is -0.0361. The third-order valence-corrected chi connectivity index (χ3v) is 6.25. The molecule has 6 nitrogen and oxygen atoms in total. The van der Waals surface area contributed by atoms with Crippen LogP contribution < -0.4 is 14.9 Å². The van der Waals surface area contributed by atoms with Gasteiger partial charge in [0.05, 0.1) is 4.90 Å². The van der Waals surface area contributed by atoms with E-state index in [4.69, 9.17) is 0 Å². The number of rotatable bonds is 5. The summed E-state index contributed by atoms with van der Waals surface area (Å²) in [6, 6.07) is 13.9. The molecule has 0 aromatic heterocycles. The van der Waals surface area contributed by atoms with Crippen LogP contribution in [0.4, 0.5) is 11.4 Å². The molecule has 1 heterocycles. The molecule has 3 rings (SSSR count). The van der Waals surface area contributed by atoms with E-state index in [0.29, 0.717) is 12.2 Å². The first-order valence-electron chi connectivity index (χ1n) is 9.37.